The Morgan fingerprint density at radius 2 is 1.90 bits per heavy atom. The van der Waals surface area contributed by atoms with Crippen LogP contribution >= 0.6 is 11.3 Å². The number of rotatable bonds is 5. The molecule has 3 N–H and O–H groups in total. The number of hydrogen-bond acceptors (Lipinski definition) is 6. The van der Waals surface area contributed by atoms with Crippen LogP contribution in [0.25, 0.3) is 0 Å². The van der Waals surface area contributed by atoms with Crippen molar-refractivity contribution in [2.75, 3.05) is 6.26 Å². The molecule has 0 aliphatic heterocycles. The Kier molecular flexibility index (Phi) is 5.01. The van der Waals surface area contributed by atoms with Crippen molar-refractivity contribution in [1.29, 1.82) is 0 Å². The zero-order valence-corrected chi connectivity index (χ0v) is 14.7. The van der Waals surface area contributed by atoms with Gasteiger partial charge in [-0.15, -0.1) is 11.3 Å². The van der Waals surface area contributed by atoms with Gasteiger partial charge >= 0.3 is 0 Å². The molecule has 1 unspecified atom stereocenters. The number of hydrazine groups is 1. The highest BCUT2D eigenvalue weighted by molar-refractivity contribution is 7.92. The molecule has 0 fully saturated rings. The molecule has 0 amide bonds. The Balaban J connectivity index is 2.98. The Morgan fingerprint density at radius 1 is 1.35 bits per heavy atom. The normalized spacial score (nSPS) is 15.3. The second-order valence-corrected chi connectivity index (χ2v) is 10.2. The van der Waals surface area contributed by atoms with Crippen LogP contribution in [0.5, 0.6) is 0 Å². The predicted octanol–water partition coefficient (Wildman–Crippen LogP) is 1.64. The molecule has 0 spiro atoms. The zero-order valence-electron chi connectivity index (χ0n) is 13.0. The minimum Gasteiger partial charge on any atom is -0.271 e. The lowest BCUT2D eigenvalue weighted by molar-refractivity contribution is 0.411. The third kappa shape index (κ3) is 3.78. The number of sulfone groups is 1. The summed E-state index contributed by atoms with van der Waals surface area (Å²) in [7, 11) is -3.22. The lowest BCUT2D eigenvalue weighted by atomic mass is 9.93. The van der Waals surface area contributed by atoms with Gasteiger partial charge in [-0.05, 0) is 13.8 Å². The molecule has 0 radical (unpaired) electrons. The summed E-state index contributed by atoms with van der Waals surface area (Å²) < 4.78 is 22.8. The first-order chi connectivity index (χ1) is 8.89. The SMILES string of the molecule is CC(C)(C)c1csc(CC(NN)C(C)(C)S(C)(=O)=O)n1. The van der Waals surface area contributed by atoms with Crippen molar-refractivity contribution in [3.63, 3.8) is 0 Å². The van der Waals surface area contributed by atoms with Crippen molar-refractivity contribution in [3.05, 3.63) is 16.1 Å². The third-order valence-corrected chi connectivity index (χ3v) is 6.76. The van der Waals surface area contributed by atoms with E-state index < -0.39 is 14.6 Å². The van der Waals surface area contributed by atoms with Crippen LogP contribution in [0, 0.1) is 0 Å². The summed E-state index contributed by atoms with van der Waals surface area (Å²) in [5.74, 6) is 5.56. The molecule has 0 aromatic carbocycles. The van der Waals surface area contributed by atoms with Gasteiger partial charge in [0.1, 0.15) is 0 Å². The van der Waals surface area contributed by atoms with Crippen molar-refractivity contribution in [3.8, 4) is 0 Å². The molecular formula is C13H25N3O2S2. The fraction of sp³-hybridized carbons (Fsp3) is 0.769. The number of nitrogens with zero attached hydrogens (tertiary/aromatic N) is 1. The van der Waals surface area contributed by atoms with Crippen LogP contribution < -0.4 is 11.3 Å². The van der Waals surface area contributed by atoms with E-state index in [2.05, 4.69) is 31.2 Å². The standard InChI is InChI=1S/C13H25N3O2S2/c1-12(2,3)10-8-19-11(15-10)7-9(16-14)13(4,5)20(6,17)18/h8-9,16H,7,14H2,1-6H3. The summed E-state index contributed by atoms with van der Waals surface area (Å²) in [5, 5.41) is 2.92. The summed E-state index contributed by atoms with van der Waals surface area (Å²) >= 11 is 1.55. The Labute approximate surface area is 125 Å². The van der Waals surface area contributed by atoms with E-state index in [0.29, 0.717) is 6.42 Å². The average molecular weight is 319 g/mol. The van der Waals surface area contributed by atoms with Crippen LogP contribution in [0.15, 0.2) is 5.38 Å². The molecule has 5 nitrogen and oxygen atoms in total. The molecule has 1 atom stereocenters. The molecule has 0 bridgehead atoms. The monoisotopic (exact) mass is 319 g/mol. The van der Waals surface area contributed by atoms with Gasteiger partial charge in [-0.3, -0.25) is 11.3 Å². The third-order valence-electron chi connectivity index (χ3n) is 3.69. The molecular weight excluding hydrogens is 294 g/mol. The molecule has 0 saturated heterocycles. The Bertz CT molecular complexity index is 556. The topological polar surface area (TPSA) is 85.1 Å². The number of thiazole rings is 1. The summed E-state index contributed by atoms with van der Waals surface area (Å²) in [6.07, 6.45) is 1.73. The van der Waals surface area contributed by atoms with Gasteiger partial charge in [0.25, 0.3) is 0 Å². The number of hydrogen-bond donors (Lipinski definition) is 2. The van der Waals surface area contributed by atoms with E-state index in [0.717, 1.165) is 10.7 Å². The number of nitrogens with two attached hydrogens (primary N) is 1. The van der Waals surface area contributed by atoms with Gasteiger partial charge in [0, 0.05) is 29.5 Å². The Morgan fingerprint density at radius 3 is 2.25 bits per heavy atom. The maximum Gasteiger partial charge on any atom is 0.154 e. The molecule has 116 valence electrons. The van der Waals surface area contributed by atoms with Gasteiger partial charge in [0.15, 0.2) is 9.84 Å². The largest absolute Gasteiger partial charge is 0.271 e. The quantitative estimate of drug-likeness (QED) is 0.636. The first-order valence-electron chi connectivity index (χ1n) is 6.50. The summed E-state index contributed by atoms with van der Waals surface area (Å²) in [5.41, 5.74) is 3.64. The summed E-state index contributed by atoms with van der Waals surface area (Å²) in [4.78, 5) is 4.59. The second kappa shape index (κ2) is 5.71. The fourth-order valence-electron chi connectivity index (χ4n) is 1.69. The number of nitrogens with one attached hydrogen (secondary N) is 1. The van der Waals surface area contributed by atoms with E-state index in [9.17, 15) is 8.42 Å². The van der Waals surface area contributed by atoms with Crippen molar-refractivity contribution < 1.29 is 8.42 Å². The predicted molar refractivity (Wildman–Crippen MR) is 84.6 cm³/mol. The molecule has 1 aromatic rings. The Hall–Kier alpha value is -0.500. The highest BCUT2D eigenvalue weighted by atomic mass is 32.2. The van der Waals surface area contributed by atoms with Gasteiger partial charge in [-0.2, -0.15) is 0 Å². The average Bonchev–Trinajstić information content (AvgIpc) is 2.71. The second-order valence-electron chi connectivity index (χ2n) is 6.68. The van der Waals surface area contributed by atoms with Crippen molar-refractivity contribution in [1.82, 2.24) is 10.4 Å². The summed E-state index contributed by atoms with van der Waals surface area (Å²) in [6.45, 7) is 9.68. The van der Waals surface area contributed by atoms with Crippen LogP contribution in [0.2, 0.25) is 0 Å². The van der Waals surface area contributed by atoms with Crippen LogP contribution in [-0.4, -0.2) is 30.4 Å². The maximum absolute atomic E-state index is 11.9. The first-order valence-corrected chi connectivity index (χ1v) is 9.27. The molecule has 1 heterocycles. The molecule has 7 heteroatoms. The van der Waals surface area contributed by atoms with E-state index in [-0.39, 0.29) is 11.5 Å². The van der Waals surface area contributed by atoms with Crippen LogP contribution in [-0.2, 0) is 21.7 Å². The molecule has 0 aliphatic carbocycles. The maximum atomic E-state index is 11.9. The van der Waals surface area contributed by atoms with Crippen LogP contribution in [0.1, 0.15) is 45.3 Å². The zero-order chi connectivity index (χ0) is 15.8. The smallest absolute Gasteiger partial charge is 0.154 e. The van der Waals surface area contributed by atoms with E-state index in [1.54, 1.807) is 25.2 Å². The minimum absolute atomic E-state index is 0.00720. The van der Waals surface area contributed by atoms with Crippen LogP contribution in [0.4, 0.5) is 0 Å². The molecule has 1 aromatic heterocycles. The van der Waals surface area contributed by atoms with Gasteiger partial charge in [-0.1, -0.05) is 20.8 Å². The minimum atomic E-state index is -3.22. The lowest BCUT2D eigenvalue weighted by Gasteiger charge is -2.31. The van der Waals surface area contributed by atoms with Gasteiger partial charge in [-0.25, -0.2) is 13.4 Å². The van der Waals surface area contributed by atoms with Gasteiger partial charge < -0.3 is 0 Å². The summed E-state index contributed by atoms with van der Waals surface area (Å²) in [6, 6.07) is -0.378. The van der Waals surface area contributed by atoms with E-state index in [1.165, 1.54) is 6.26 Å². The lowest BCUT2D eigenvalue weighted by Crippen LogP contribution is -2.55. The van der Waals surface area contributed by atoms with Crippen LogP contribution in [0.3, 0.4) is 0 Å². The molecule has 20 heavy (non-hydrogen) atoms. The highest BCUT2D eigenvalue weighted by Gasteiger charge is 2.39. The van der Waals surface area contributed by atoms with Gasteiger partial charge in [0.2, 0.25) is 0 Å². The van der Waals surface area contributed by atoms with E-state index in [4.69, 9.17) is 5.84 Å². The van der Waals surface area contributed by atoms with E-state index >= 15 is 0 Å². The molecule has 0 aliphatic rings. The van der Waals surface area contributed by atoms with Gasteiger partial charge in [0.05, 0.1) is 15.4 Å². The molecule has 0 saturated carbocycles. The number of aromatic nitrogens is 1. The van der Waals surface area contributed by atoms with Crippen molar-refractivity contribution >= 4 is 21.2 Å². The van der Waals surface area contributed by atoms with Crippen molar-refractivity contribution in [2.24, 2.45) is 5.84 Å². The molecule has 1 rings (SSSR count). The van der Waals surface area contributed by atoms with E-state index in [1.807, 2.05) is 5.38 Å². The van der Waals surface area contributed by atoms with Crippen molar-refractivity contribution in [2.45, 2.75) is 57.2 Å². The highest BCUT2D eigenvalue weighted by Crippen LogP contribution is 2.27. The fourth-order valence-corrected chi connectivity index (χ4v) is 3.42. The first kappa shape index (κ1) is 17.6.